The summed E-state index contributed by atoms with van der Waals surface area (Å²) >= 11 is 0. The second-order valence-electron chi connectivity index (χ2n) is 2.82. The molecule has 0 fully saturated rings. The highest BCUT2D eigenvalue weighted by atomic mass is 31.1. The third-order valence-electron chi connectivity index (χ3n) is 1.72. The summed E-state index contributed by atoms with van der Waals surface area (Å²) in [7, 11) is -1.17. The molecule has 1 unspecified atom stereocenters. The van der Waals surface area contributed by atoms with Gasteiger partial charge in [0.25, 0.3) is 0 Å². The molecule has 0 aliphatic carbocycles. The van der Waals surface area contributed by atoms with Crippen molar-refractivity contribution in [3.05, 3.63) is 60.7 Å². The Kier molecular flexibility index (Phi) is 5.86. The molecule has 0 saturated heterocycles. The van der Waals surface area contributed by atoms with Crippen LogP contribution in [0.5, 0.6) is 11.5 Å². The Balaban J connectivity index is 0.000000386. The maximum absolute atomic E-state index is 8.51. The fourth-order valence-corrected chi connectivity index (χ4v) is 1.11. The normalized spacial score (nSPS) is 9.06. The van der Waals surface area contributed by atoms with E-state index in [2.05, 4.69) is 0 Å². The van der Waals surface area contributed by atoms with E-state index in [0.717, 1.165) is 11.5 Å². The summed E-state index contributed by atoms with van der Waals surface area (Å²) in [5.41, 5.74) is 0. The van der Waals surface area contributed by atoms with Gasteiger partial charge in [-0.3, -0.25) is 0 Å². The van der Waals surface area contributed by atoms with Crippen molar-refractivity contribution in [1.29, 1.82) is 0 Å². The van der Waals surface area contributed by atoms with Gasteiger partial charge in [-0.15, -0.1) is 0 Å². The number of hydrogen-bond donors (Lipinski definition) is 1. The fourth-order valence-electron chi connectivity index (χ4n) is 1.11. The lowest BCUT2D eigenvalue weighted by Crippen LogP contribution is -1.81. The molecule has 0 aromatic heterocycles. The van der Waals surface area contributed by atoms with Crippen molar-refractivity contribution in [3.8, 4) is 11.5 Å². The number of ether oxygens (including phenoxy) is 1. The molecule has 0 radical (unpaired) electrons. The van der Waals surface area contributed by atoms with Gasteiger partial charge < -0.3 is 4.74 Å². The summed E-state index contributed by atoms with van der Waals surface area (Å²) < 4.78 is 14.1. The summed E-state index contributed by atoms with van der Waals surface area (Å²) in [5.74, 6) is 1.74. The van der Waals surface area contributed by atoms with E-state index in [4.69, 9.17) is 14.2 Å². The predicted octanol–water partition coefficient (Wildman–Crippen LogP) is 3.40. The zero-order valence-electron chi connectivity index (χ0n) is 8.54. The first-order valence-corrected chi connectivity index (χ1v) is 5.51. The van der Waals surface area contributed by atoms with Gasteiger partial charge in [-0.2, -0.15) is 4.89 Å². The first kappa shape index (κ1) is 12.4. The summed E-state index contributed by atoms with van der Waals surface area (Å²) in [6.07, 6.45) is 0. The van der Waals surface area contributed by atoms with Gasteiger partial charge in [0.1, 0.15) is 11.5 Å². The van der Waals surface area contributed by atoms with Crippen molar-refractivity contribution in [3.63, 3.8) is 0 Å². The standard InChI is InChI=1S/C12H10O.HO2P/c1-3-7-11(8-4-1)13-12-9-5-2-6-10-12;1-3-2/h1-10H;3H/p+1. The van der Waals surface area contributed by atoms with E-state index in [1.165, 1.54) is 0 Å². The molecular formula is C12H12O3P+. The third-order valence-corrected chi connectivity index (χ3v) is 1.72. The molecule has 16 heavy (non-hydrogen) atoms. The van der Waals surface area contributed by atoms with Crippen molar-refractivity contribution in [2.24, 2.45) is 0 Å². The average molecular weight is 235 g/mol. The van der Waals surface area contributed by atoms with Gasteiger partial charge in [-0.1, -0.05) is 36.4 Å². The van der Waals surface area contributed by atoms with Gasteiger partial charge in [0, 0.05) is 0 Å². The SMILES string of the molecule is O=[PH+]O.c1ccc(Oc2ccccc2)cc1. The minimum absolute atomic E-state index is 0.869. The molecule has 0 saturated carbocycles. The van der Waals surface area contributed by atoms with E-state index in [9.17, 15) is 0 Å². The second kappa shape index (κ2) is 7.57. The van der Waals surface area contributed by atoms with Crippen molar-refractivity contribution < 1.29 is 14.2 Å². The zero-order chi connectivity index (χ0) is 11.6. The molecule has 0 spiro atoms. The van der Waals surface area contributed by atoms with Crippen LogP contribution in [-0.2, 0) is 4.57 Å². The minimum atomic E-state index is -1.17. The molecule has 0 bridgehead atoms. The molecule has 1 atom stereocenters. The highest BCUT2D eigenvalue weighted by Crippen LogP contribution is 2.19. The highest BCUT2D eigenvalue weighted by Gasteiger charge is 1.92. The van der Waals surface area contributed by atoms with Gasteiger partial charge in [0.2, 0.25) is 0 Å². The molecule has 4 heteroatoms. The quantitative estimate of drug-likeness (QED) is 0.811. The van der Waals surface area contributed by atoms with Crippen molar-refractivity contribution in [1.82, 2.24) is 0 Å². The van der Waals surface area contributed by atoms with Gasteiger partial charge in [0.15, 0.2) is 0 Å². The van der Waals surface area contributed by atoms with Crippen LogP contribution in [0, 0.1) is 0 Å². The lowest BCUT2D eigenvalue weighted by molar-refractivity contribution is 0.482. The van der Waals surface area contributed by atoms with Crippen LogP contribution in [0.2, 0.25) is 0 Å². The summed E-state index contributed by atoms with van der Waals surface area (Å²) in [4.78, 5) is 7.04. The molecule has 2 aromatic carbocycles. The highest BCUT2D eigenvalue weighted by molar-refractivity contribution is 7.16. The first-order valence-electron chi connectivity index (χ1n) is 4.66. The van der Waals surface area contributed by atoms with E-state index in [-0.39, 0.29) is 0 Å². The number of para-hydroxylation sites is 2. The Morgan fingerprint density at radius 2 is 1.12 bits per heavy atom. The molecule has 1 N–H and O–H groups in total. The largest absolute Gasteiger partial charge is 0.491 e. The molecule has 2 aromatic rings. The van der Waals surface area contributed by atoms with E-state index >= 15 is 0 Å². The van der Waals surface area contributed by atoms with Crippen LogP contribution in [-0.4, -0.2) is 4.89 Å². The Labute approximate surface area is 95.6 Å². The van der Waals surface area contributed by atoms with Gasteiger partial charge >= 0.3 is 8.69 Å². The van der Waals surface area contributed by atoms with Gasteiger partial charge in [-0.25, -0.2) is 0 Å². The predicted molar refractivity (Wildman–Crippen MR) is 64.2 cm³/mol. The summed E-state index contributed by atoms with van der Waals surface area (Å²) in [5, 5.41) is 0. The number of hydrogen-bond acceptors (Lipinski definition) is 2. The van der Waals surface area contributed by atoms with Crippen LogP contribution < -0.4 is 4.74 Å². The Bertz CT molecular complexity index is 366. The summed E-state index contributed by atoms with van der Waals surface area (Å²) in [6, 6.07) is 19.5. The van der Waals surface area contributed by atoms with E-state index in [1.807, 2.05) is 60.7 Å². The Morgan fingerprint density at radius 3 is 1.44 bits per heavy atom. The van der Waals surface area contributed by atoms with Crippen molar-refractivity contribution >= 4 is 8.69 Å². The molecular weight excluding hydrogens is 223 g/mol. The van der Waals surface area contributed by atoms with Crippen LogP contribution in [0.4, 0.5) is 0 Å². The third kappa shape index (κ3) is 4.69. The number of benzene rings is 2. The maximum atomic E-state index is 8.51. The zero-order valence-corrected chi connectivity index (χ0v) is 9.54. The Hall–Kier alpha value is -1.70. The van der Waals surface area contributed by atoms with E-state index < -0.39 is 8.69 Å². The minimum Gasteiger partial charge on any atom is -0.457 e. The summed E-state index contributed by atoms with van der Waals surface area (Å²) in [6.45, 7) is 0. The molecule has 3 nitrogen and oxygen atoms in total. The van der Waals surface area contributed by atoms with E-state index in [0.29, 0.717) is 0 Å². The molecule has 0 aliphatic heterocycles. The lowest BCUT2D eigenvalue weighted by atomic mass is 10.3. The van der Waals surface area contributed by atoms with Crippen LogP contribution in [0.25, 0.3) is 0 Å². The Morgan fingerprint density at radius 1 is 0.812 bits per heavy atom. The topological polar surface area (TPSA) is 46.5 Å². The maximum Gasteiger partial charge on any atom is 0.491 e. The first-order chi connectivity index (χ1) is 7.86. The van der Waals surface area contributed by atoms with Crippen LogP contribution >= 0.6 is 8.69 Å². The monoisotopic (exact) mass is 235 g/mol. The van der Waals surface area contributed by atoms with Crippen LogP contribution in [0.1, 0.15) is 0 Å². The van der Waals surface area contributed by atoms with Crippen molar-refractivity contribution in [2.45, 2.75) is 0 Å². The van der Waals surface area contributed by atoms with Crippen LogP contribution in [0.15, 0.2) is 60.7 Å². The van der Waals surface area contributed by atoms with Gasteiger partial charge in [-0.05, 0) is 28.8 Å². The second-order valence-corrected chi connectivity index (χ2v) is 3.00. The molecule has 0 amide bonds. The van der Waals surface area contributed by atoms with Gasteiger partial charge in [0.05, 0.1) is 0 Å². The fraction of sp³-hybridized carbons (Fsp3) is 0. The van der Waals surface area contributed by atoms with Crippen LogP contribution in [0.3, 0.4) is 0 Å². The lowest BCUT2D eigenvalue weighted by Gasteiger charge is -2.03. The van der Waals surface area contributed by atoms with E-state index in [1.54, 1.807) is 0 Å². The molecule has 82 valence electrons. The smallest absolute Gasteiger partial charge is 0.457 e. The molecule has 0 aliphatic rings. The molecule has 2 rings (SSSR count). The number of rotatable bonds is 2. The average Bonchev–Trinajstić information content (AvgIpc) is 2.33. The molecule has 0 heterocycles. The van der Waals surface area contributed by atoms with Crippen molar-refractivity contribution in [2.75, 3.05) is 0 Å².